The molecule has 0 N–H and O–H groups in total. The van der Waals surface area contributed by atoms with Gasteiger partial charge in [-0.3, -0.25) is 4.98 Å². The molecular formula is C11H9ClFN. The number of benzene rings is 1. The Morgan fingerprint density at radius 1 is 1.21 bits per heavy atom. The van der Waals surface area contributed by atoms with Crippen LogP contribution in [0.2, 0.25) is 5.02 Å². The van der Waals surface area contributed by atoms with E-state index in [4.69, 9.17) is 11.6 Å². The van der Waals surface area contributed by atoms with E-state index < -0.39 is 0 Å². The molecule has 0 saturated heterocycles. The molecule has 0 spiro atoms. The molecule has 1 heterocycles. The molecule has 2 rings (SSSR count). The van der Waals surface area contributed by atoms with Crippen LogP contribution in [0, 0.1) is 19.7 Å². The summed E-state index contributed by atoms with van der Waals surface area (Å²) in [5.41, 5.74) is 1.80. The zero-order valence-corrected chi connectivity index (χ0v) is 8.69. The van der Waals surface area contributed by atoms with Crippen LogP contribution in [0.3, 0.4) is 0 Å². The summed E-state index contributed by atoms with van der Waals surface area (Å²) in [6.45, 7) is 3.57. The van der Waals surface area contributed by atoms with Crippen molar-refractivity contribution >= 4 is 22.5 Å². The number of hydrogen-bond acceptors (Lipinski definition) is 1. The first-order chi connectivity index (χ1) is 6.61. The molecule has 1 nitrogen and oxygen atoms in total. The third-order valence-corrected chi connectivity index (χ3v) is 2.78. The Labute approximate surface area is 86.5 Å². The lowest BCUT2D eigenvalue weighted by Gasteiger charge is -2.05. The molecule has 0 unspecified atom stereocenters. The summed E-state index contributed by atoms with van der Waals surface area (Å²) in [5, 5.41) is 1.25. The summed E-state index contributed by atoms with van der Waals surface area (Å²) in [5.74, 6) is -0.288. The predicted octanol–water partition coefficient (Wildman–Crippen LogP) is 3.64. The van der Waals surface area contributed by atoms with Crippen molar-refractivity contribution in [2.75, 3.05) is 0 Å². The number of halogens is 2. The van der Waals surface area contributed by atoms with Gasteiger partial charge in [-0.15, -0.1) is 0 Å². The molecule has 2 aromatic rings. The maximum absolute atomic E-state index is 13.6. The third-order valence-electron chi connectivity index (χ3n) is 2.28. The largest absolute Gasteiger partial charge is 0.253 e. The van der Waals surface area contributed by atoms with Gasteiger partial charge in [0.05, 0.1) is 5.02 Å². The van der Waals surface area contributed by atoms with Crippen LogP contribution >= 0.6 is 11.6 Å². The van der Waals surface area contributed by atoms with Gasteiger partial charge in [-0.05, 0) is 25.0 Å². The molecule has 0 atom stereocenters. The normalized spacial score (nSPS) is 10.9. The molecule has 0 aliphatic rings. The van der Waals surface area contributed by atoms with Crippen molar-refractivity contribution in [3.63, 3.8) is 0 Å². The smallest absolute Gasteiger partial charge is 0.152 e. The van der Waals surface area contributed by atoms with Crippen molar-refractivity contribution in [1.82, 2.24) is 4.98 Å². The van der Waals surface area contributed by atoms with Crippen molar-refractivity contribution in [2.24, 2.45) is 0 Å². The molecule has 3 heteroatoms. The average Bonchev–Trinajstić information content (AvgIpc) is 2.17. The van der Waals surface area contributed by atoms with Gasteiger partial charge in [0.2, 0.25) is 0 Å². The molecule has 0 bridgehead atoms. The van der Waals surface area contributed by atoms with Crippen LogP contribution < -0.4 is 0 Å². The van der Waals surface area contributed by atoms with E-state index in [0.29, 0.717) is 21.5 Å². The van der Waals surface area contributed by atoms with Crippen molar-refractivity contribution < 1.29 is 4.39 Å². The fourth-order valence-corrected chi connectivity index (χ4v) is 1.60. The standard InChI is InChI=1S/C11H9ClFN/c1-6-3-4-8-9(12)7(2)5-14-11(8)10(6)13/h3-5H,1-2H3. The van der Waals surface area contributed by atoms with Crippen LogP contribution in [0.1, 0.15) is 11.1 Å². The molecule has 1 aromatic carbocycles. The van der Waals surface area contributed by atoms with Crippen LogP contribution in [0.5, 0.6) is 0 Å². The summed E-state index contributed by atoms with van der Waals surface area (Å²) in [4.78, 5) is 4.04. The highest BCUT2D eigenvalue weighted by Crippen LogP contribution is 2.27. The molecule has 0 radical (unpaired) electrons. The molecule has 1 aromatic heterocycles. The highest BCUT2D eigenvalue weighted by molar-refractivity contribution is 6.36. The number of aryl methyl sites for hydroxylation is 2. The lowest BCUT2D eigenvalue weighted by atomic mass is 10.1. The Morgan fingerprint density at radius 3 is 2.64 bits per heavy atom. The van der Waals surface area contributed by atoms with Gasteiger partial charge in [-0.1, -0.05) is 23.7 Å². The van der Waals surface area contributed by atoms with Crippen LogP contribution in [0.4, 0.5) is 4.39 Å². The van der Waals surface area contributed by atoms with E-state index >= 15 is 0 Å². The Morgan fingerprint density at radius 2 is 1.93 bits per heavy atom. The highest BCUT2D eigenvalue weighted by Gasteiger charge is 2.09. The third kappa shape index (κ3) is 1.26. The monoisotopic (exact) mass is 209 g/mol. The first kappa shape index (κ1) is 9.41. The lowest BCUT2D eigenvalue weighted by Crippen LogP contribution is -1.90. The zero-order valence-electron chi connectivity index (χ0n) is 7.94. The van der Waals surface area contributed by atoms with Crippen molar-refractivity contribution in [3.05, 3.63) is 40.3 Å². The molecule has 14 heavy (non-hydrogen) atoms. The Bertz CT molecular complexity index is 461. The Kier molecular flexibility index (Phi) is 2.16. The molecule has 72 valence electrons. The molecule has 0 aliphatic carbocycles. The van der Waals surface area contributed by atoms with E-state index in [0.717, 1.165) is 5.56 Å². The van der Waals surface area contributed by atoms with Crippen LogP contribution in [0.25, 0.3) is 10.9 Å². The number of aromatic nitrogens is 1. The Balaban J connectivity index is 2.94. The van der Waals surface area contributed by atoms with E-state index in [1.54, 1.807) is 25.3 Å². The fraction of sp³-hybridized carbons (Fsp3) is 0.182. The molecule has 0 aliphatic heterocycles. The SMILES string of the molecule is Cc1cnc2c(F)c(C)ccc2c1Cl. The van der Waals surface area contributed by atoms with Crippen LogP contribution in [0.15, 0.2) is 18.3 Å². The van der Waals surface area contributed by atoms with Crippen LogP contribution in [-0.2, 0) is 0 Å². The maximum atomic E-state index is 13.6. The van der Waals surface area contributed by atoms with Crippen molar-refractivity contribution in [3.8, 4) is 0 Å². The van der Waals surface area contributed by atoms with Gasteiger partial charge in [-0.25, -0.2) is 4.39 Å². The summed E-state index contributed by atoms with van der Waals surface area (Å²) in [7, 11) is 0. The van der Waals surface area contributed by atoms with Crippen molar-refractivity contribution in [1.29, 1.82) is 0 Å². The second kappa shape index (κ2) is 3.21. The second-order valence-electron chi connectivity index (χ2n) is 3.35. The molecule has 0 amide bonds. The van der Waals surface area contributed by atoms with E-state index in [-0.39, 0.29) is 5.82 Å². The van der Waals surface area contributed by atoms with Crippen molar-refractivity contribution in [2.45, 2.75) is 13.8 Å². The van der Waals surface area contributed by atoms with Crippen LogP contribution in [-0.4, -0.2) is 4.98 Å². The second-order valence-corrected chi connectivity index (χ2v) is 3.73. The average molecular weight is 210 g/mol. The van der Waals surface area contributed by atoms with Gasteiger partial charge >= 0.3 is 0 Å². The van der Waals surface area contributed by atoms with E-state index in [1.807, 2.05) is 6.92 Å². The number of fused-ring (bicyclic) bond motifs is 1. The topological polar surface area (TPSA) is 12.9 Å². The van der Waals surface area contributed by atoms with Gasteiger partial charge in [0.1, 0.15) is 5.52 Å². The minimum absolute atomic E-state index is 0.288. The molecular weight excluding hydrogens is 201 g/mol. The maximum Gasteiger partial charge on any atom is 0.152 e. The lowest BCUT2D eigenvalue weighted by molar-refractivity contribution is 0.627. The minimum atomic E-state index is -0.288. The minimum Gasteiger partial charge on any atom is -0.253 e. The zero-order chi connectivity index (χ0) is 10.3. The first-order valence-electron chi connectivity index (χ1n) is 4.31. The highest BCUT2D eigenvalue weighted by atomic mass is 35.5. The Hall–Kier alpha value is -1.15. The summed E-state index contributed by atoms with van der Waals surface area (Å²) >= 11 is 6.04. The van der Waals surface area contributed by atoms with Gasteiger partial charge in [0.25, 0.3) is 0 Å². The number of hydrogen-bond donors (Lipinski definition) is 0. The van der Waals surface area contributed by atoms with E-state index in [9.17, 15) is 4.39 Å². The molecule has 0 fully saturated rings. The van der Waals surface area contributed by atoms with Gasteiger partial charge in [0, 0.05) is 11.6 Å². The molecule has 0 saturated carbocycles. The summed E-state index contributed by atoms with van der Waals surface area (Å²) < 4.78 is 13.6. The summed E-state index contributed by atoms with van der Waals surface area (Å²) in [6.07, 6.45) is 1.59. The van der Waals surface area contributed by atoms with Gasteiger partial charge in [0.15, 0.2) is 5.82 Å². The van der Waals surface area contributed by atoms with E-state index in [1.165, 1.54) is 0 Å². The predicted molar refractivity (Wildman–Crippen MR) is 56.2 cm³/mol. The summed E-state index contributed by atoms with van der Waals surface area (Å²) in [6, 6.07) is 3.51. The number of nitrogens with zero attached hydrogens (tertiary/aromatic N) is 1. The quantitative estimate of drug-likeness (QED) is 0.646. The number of rotatable bonds is 0. The van der Waals surface area contributed by atoms with Gasteiger partial charge in [-0.2, -0.15) is 0 Å². The van der Waals surface area contributed by atoms with E-state index in [2.05, 4.69) is 4.98 Å². The first-order valence-corrected chi connectivity index (χ1v) is 4.69. The fourth-order valence-electron chi connectivity index (χ4n) is 1.40. The van der Waals surface area contributed by atoms with Gasteiger partial charge < -0.3 is 0 Å². The number of pyridine rings is 1.